The van der Waals surface area contributed by atoms with Gasteiger partial charge < -0.3 is 14.8 Å². The van der Waals surface area contributed by atoms with Crippen molar-refractivity contribution in [2.24, 2.45) is 11.8 Å². The molecule has 1 aliphatic rings. The lowest BCUT2D eigenvalue weighted by Crippen LogP contribution is -2.28. The fourth-order valence-corrected chi connectivity index (χ4v) is 2.68. The Hall–Kier alpha value is -1.03. The summed E-state index contributed by atoms with van der Waals surface area (Å²) in [5, 5.41) is 3.44. The Morgan fingerprint density at radius 3 is 2.79 bits per heavy atom. The molecule has 1 aliphatic heterocycles. The number of hydrogen-bond acceptors (Lipinski definition) is 3. The van der Waals surface area contributed by atoms with E-state index < -0.39 is 0 Å². The van der Waals surface area contributed by atoms with Gasteiger partial charge in [-0.05, 0) is 38.6 Å². The zero-order valence-corrected chi connectivity index (χ0v) is 12.8. The van der Waals surface area contributed by atoms with E-state index in [0.717, 1.165) is 25.0 Å². The maximum absolute atomic E-state index is 4.42. The van der Waals surface area contributed by atoms with E-state index in [2.05, 4.69) is 53.7 Å². The molecule has 1 atom stereocenters. The van der Waals surface area contributed by atoms with Crippen LogP contribution in [0.25, 0.3) is 0 Å². The molecular weight excluding hydrogens is 236 g/mol. The molecule has 0 aromatic carbocycles. The second kappa shape index (κ2) is 6.42. The highest BCUT2D eigenvalue weighted by molar-refractivity contribution is 5.25. The van der Waals surface area contributed by atoms with Gasteiger partial charge in [-0.3, -0.25) is 0 Å². The summed E-state index contributed by atoms with van der Waals surface area (Å²) in [4.78, 5) is 6.99. The van der Waals surface area contributed by atoms with Crippen LogP contribution in [0.3, 0.4) is 0 Å². The number of rotatable bonds is 6. The number of nitrogens with one attached hydrogen (secondary N) is 1. The smallest absolute Gasteiger partial charge is 0.202 e. The van der Waals surface area contributed by atoms with Crippen LogP contribution in [-0.2, 0) is 6.54 Å². The van der Waals surface area contributed by atoms with Crippen LogP contribution in [0.1, 0.15) is 34.1 Å². The van der Waals surface area contributed by atoms with E-state index in [-0.39, 0.29) is 0 Å². The molecule has 4 heteroatoms. The molecular formula is C15H28N4. The highest BCUT2D eigenvalue weighted by Crippen LogP contribution is 2.21. The van der Waals surface area contributed by atoms with E-state index in [1.54, 1.807) is 0 Å². The maximum Gasteiger partial charge on any atom is 0.202 e. The number of likely N-dealkylation sites (tertiary alicyclic amines) is 1. The molecule has 0 bridgehead atoms. The molecule has 0 spiro atoms. The van der Waals surface area contributed by atoms with Crippen molar-refractivity contribution in [3.8, 4) is 0 Å². The number of anilines is 1. The number of nitrogens with zero attached hydrogens (tertiary/aromatic N) is 3. The second-order valence-corrected chi connectivity index (χ2v) is 6.42. The minimum atomic E-state index is 0.646. The van der Waals surface area contributed by atoms with E-state index in [0.29, 0.717) is 12.0 Å². The summed E-state index contributed by atoms with van der Waals surface area (Å²) < 4.78 is 2.27. The zero-order chi connectivity index (χ0) is 13.8. The van der Waals surface area contributed by atoms with Crippen LogP contribution < -0.4 is 5.32 Å². The summed E-state index contributed by atoms with van der Waals surface area (Å²) in [5.74, 6) is 2.43. The van der Waals surface area contributed by atoms with Crippen molar-refractivity contribution in [3.05, 3.63) is 12.4 Å². The van der Waals surface area contributed by atoms with Crippen LogP contribution in [-0.4, -0.2) is 40.1 Å². The van der Waals surface area contributed by atoms with Crippen molar-refractivity contribution in [1.29, 1.82) is 0 Å². The third-order valence-corrected chi connectivity index (χ3v) is 3.89. The SMILES string of the molecule is CC(C)CNc1nccn1CC1CCN(C(C)C)C1. The minimum Gasteiger partial charge on any atom is -0.355 e. The van der Waals surface area contributed by atoms with Crippen LogP contribution in [0.2, 0.25) is 0 Å². The summed E-state index contributed by atoms with van der Waals surface area (Å²) in [6.45, 7) is 13.6. The normalized spacial score (nSPS) is 20.6. The first kappa shape index (κ1) is 14.4. The van der Waals surface area contributed by atoms with Gasteiger partial charge in [-0.25, -0.2) is 4.98 Å². The molecule has 2 rings (SSSR count). The zero-order valence-electron chi connectivity index (χ0n) is 12.8. The molecule has 0 amide bonds. The Balaban J connectivity index is 1.88. The predicted octanol–water partition coefficient (Wildman–Crippen LogP) is 2.68. The van der Waals surface area contributed by atoms with Gasteiger partial charge in [0.15, 0.2) is 0 Å². The van der Waals surface area contributed by atoms with Gasteiger partial charge in [0.2, 0.25) is 5.95 Å². The summed E-state index contributed by atoms with van der Waals surface area (Å²) in [7, 11) is 0. The lowest BCUT2D eigenvalue weighted by atomic mass is 10.1. The highest BCUT2D eigenvalue weighted by Gasteiger charge is 2.24. The third kappa shape index (κ3) is 3.96. The Labute approximate surface area is 117 Å². The van der Waals surface area contributed by atoms with E-state index in [1.807, 2.05) is 6.20 Å². The fourth-order valence-electron chi connectivity index (χ4n) is 2.68. The van der Waals surface area contributed by atoms with E-state index in [4.69, 9.17) is 0 Å². The van der Waals surface area contributed by atoms with E-state index >= 15 is 0 Å². The molecule has 1 aromatic rings. The summed E-state index contributed by atoms with van der Waals surface area (Å²) in [6, 6.07) is 0.673. The van der Waals surface area contributed by atoms with Gasteiger partial charge in [-0.15, -0.1) is 0 Å². The van der Waals surface area contributed by atoms with Gasteiger partial charge >= 0.3 is 0 Å². The van der Waals surface area contributed by atoms with Crippen LogP contribution >= 0.6 is 0 Å². The first-order valence-electron chi connectivity index (χ1n) is 7.55. The molecule has 1 aromatic heterocycles. The first-order chi connectivity index (χ1) is 9.06. The molecule has 1 fully saturated rings. The van der Waals surface area contributed by atoms with Crippen LogP contribution in [0.15, 0.2) is 12.4 Å². The third-order valence-electron chi connectivity index (χ3n) is 3.89. The van der Waals surface area contributed by atoms with Crippen molar-refractivity contribution >= 4 is 5.95 Å². The Morgan fingerprint density at radius 2 is 2.16 bits per heavy atom. The lowest BCUT2D eigenvalue weighted by Gasteiger charge is -2.20. The molecule has 108 valence electrons. The van der Waals surface area contributed by atoms with Gasteiger partial charge in [0, 0.05) is 38.1 Å². The van der Waals surface area contributed by atoms with Crippen molar-refractivity contribution in [3.63, 3.8) is 0 Å². The molecule has 0 aliphatic carbocycles. The van der Waals surface area contributed by atoms with Gasteiger partial charge in [0.25, 0.3) is 0 Å². The quantitative estimate of drug-likeness (QED) is 0.857. The molecule has 4 nitrogen and oxygen atoms in total. The number of aromatic nitrogens is 2. The van der Waals surface area contributed by atoms with Crippen LogP contribution in [0.5, 0.6) is 0 Å². The second-order valence-electron chi connectivity index (χ2n) is 6.42. The molecule has 1 N–H and O–H groups in total. The number of hydrogen-bond donors (Lipinski definition) is 1. The largest absolute Gasteiger partial charge is 0.355 e. The van der Waals surface area contributed by atoms with E-state index in [1.165, 1.54) is 19.5 Å². The van der Waals surface area contributed by atoms with Crippen molar-refractivity contribution in [2.45, 2.75) is 46.7 Å². The van der Waals surface area contributed by atoms with Crippen molar-refractivity contribution in [2.75, 3.05) is 25.0 Å². The molecule has 2 heterocycles. The van der Waals surface area contributed by atoms with Gasteiger partial charge in [0.1, 0.15) is 0 Å². The maximum atomic E-state index is 4.42. The van der Waals surface area contributed by atoms with Crippen molar-refractivity contribution in [1.82, 2.24) is 14.5 Å². The van der Waals surface area contributed by atoms with Crippen LogP contribution in [0.4, 0.5) is 5.95 Å². The Bertz CT molecular complexity index is 383. The van der Waals surface area contributed by atoms with Gasteiger partial charge in [-0.1, -0.05) is 13.8 Å². The lowest BCUT2D eigenvalue weighted by molar-refractivity contribution is 0.261. The monoisotopic (exact) mass is 264 g/mol. The molecule has 19 heavy (non-hydrogen) atoms. The standard InChI is InChI=1S/C15H28N4/c1-12(2)9-17-15-16-6-8-19(15)11-14-5-7-18(10-14)13(3)4/h6,8,12-14H,5,7,9-11H2,1-4H3,(H,16,17). The van der Waals surface area contributed by atoms with Crippen LogP contribution in [0, 0.1) is 11.8 Å². The topological polar surface area (TPSA) is 33.1 Å². The number of imidazole rings is 1. The average molecular weight is 264 g/mol. The minimum absolute atomic E-state index is 0.646. The Kier molecular flexibility index (Phi) is 4.86. The summed E-state index contributed by atoms with van der Waals surface area (Å²) >= 11 is 0. The van der Waals surface area contributed by atoms with E-state index in [9.17, 15) is 0 Å². The Morgan fingerprint density at radius 1 is 1.37 bits per heavy atom. The predicted molar refractivity (Wildman–Crippen MR) is 80.4 cm³/mol. The summed E-state index contributed by atoms with van der Waals surface area (Å²) in [5.41, 5.74) is 0. The molecule has 0 radical (unpaired) electrons. The highest BCUT2D eigenvalue weighted by atomic mass is 15.2. The van der Waals surface area contributed by atoms with Crippen molar-refractivity contribution < 1.29 is 0 Å². The molecule has 0 saturated carbocycles. The summed E-state index contributed by atoms with van der Waals surface area (Å²) in [6.07, 6.45) is 5.30. The first-order valence-corrected chi connectivity index (χ1v) is 7.55. The molecule has 1 unspecified atom stereocenters. The molecule has 1 saturated heterocycles. The van der Waals surface area contributed by atoms with Gasteiger partial charge in [-0.2, -0.15) is 0 Å². The average Bonchev–Trinajstić information content (AvgIpc) is 2.96. The van der Waals surface area contributed by atoms with Gasteiger partial charge in [0.05, 0.1) is 0 Å². The fraction of sp³-hybridized carbons (Fsp3) is 0.800.